The molecule has 0 fully saturated rings. The predicted molar refractivity (Wildman–Crippen MR) is 116 cm³/mol. The van der Waals surface area contributed by atoms with Crippen molar-refractivity contribution >= 4 is 36.6 Å². The van der Waals surface area contributed by atoms with Crippen molar-refractivity contribution in [1.29, 1.82) is 0 Å². The first kappa shape index (κ1) is 18.3. The quantitative estimate of drug-likeness (QED) is 0.378. The Morgan fingerprint density at radius 2 is 1.58 bits per heavy atom. The topological polar surface area (TPSA) is 28.0 Å². The van der Waals surface area contributed by atoms with E-state index in [2.05, 4.69) is 67.4 Å². The maximum absolute atomic E-state index is 4.55. The molecule has 2 aromatic carbocycles. The molecule has 0 aliphatic heterocycles. The van der Waals surface area contributed by atoms with Crippen LogP contribution >= 0.6 is 11.3 Å². The van der Waals surface area contributed by atoms with Crippen LogP contribution in [0, 0.1) is 0 Å². The third-order valence-electron chi connectivity index (χ3n) is 3.91. The Balaban J connectivity index is 1.90. The Labute approximate surface area is 160 Å². The Kier molecular flexibility index (Phi) is 6.15. The first-order valence-electron chi connectivity index (χ1n) is 8.59. The summed E-state index contributed by atoms with van der Waals surface area (Å²) in [5, 5.41) is 8.96. The first-order chi connectivity index (χ1) is 12.6. The van der Waals surface area contributed by atoms with Gasteiger partial charge in [-0.3, -0.25) is 0 Å². The fraction of sp³-hybridized carbons (Fsp3) is 0.143. The van der Waals surface area contributed by atoms with Crippen LogP contribution in [-0.4, -0.2) is 38.8 Å². The highest BCUT2D eigenvalue weighted by atomic mass is 32.1. The summed E-state index contributed by atoms with van der Waals surface area (Å²) in [5.41, 5.74) is 4.25. The van der Waals surface area contributed by atoms with Crippen LogP contribution in [0.1, 0.15) is 20.9 Å². The molecule has 0 saturated heterocycles. The van der Waals surface area contributed by atoms with Gasteiger partial charge in [-0.1, -0.05) is 72.2 Å². The molecule has 0 atom stereocenters. The summed E-state index contributed by atoms with van der Waals surface area (Å²) in [6.07, 6.45) is 1.87. The number of nitrogens with zero attached hydrogens (tertiary/aromatic N) is 3. The molecular formula is C21H22BN3S. The molecule has 0 saturated carbocycles. The molecule has 5 heteroatoms. The average Bonchev–Trinajstić information content (AvgIpc) is 2.98. The van der Waals surface area contributed by atoms with Gasteiger partial charge in [-0.15, -0.1) is 16.4 Å². The van der Waals surface area contributed by atoms with Crippen LogP contribution in [0.5, 0.6) is 0 Å². The molecule has 3 aromatic rings. The molecule has 0 bridgehead atoms. The average molecular weight is 359 g/mol. The zero-order valence-corrected chi connectivity index (χ0v) is 16.2. The second-order valence-electron chi connectivity index (χ2n) is 6.42. The summed E-state index contributed by atoms with van der Waals surface area (Å²) in [4.78, 5) is 4.67. The van der Waals surface area contributed by atoms with Crippen molar-refractivity contribution in [3.8, 4) is 0 Å². The molecule has 26 heavy (non-hydrogen) atoms. The fourth-order valence-electron chi connectivity index (χ4n) is 2.69. The standard InChI is InChI=1S/C21H22BN3S/c1-25(2)15-18-13-19(22)20(26-18)14-23-24-21(16-9-5-3-6-10-16)17-11-7-4-8-12-17/h3-14H,15,22H2,1-2H3/b23-14+. The van der Waals surface area contributed by atoms with Gasteiger partial charge in [0.2, 0.25) is 0 Å². The van der Waals surface area contributed by atoms with E-state index < -0.39 is 0 Å². The smallest absolute Gasteiger partial charge is 0.141 e. The van der Waals surface area contributed by atoms with E-state index in [1.54, 1.807) is 11.3 Å². The minimum Gasteiger partial charge on any atom is -0.304 e. The highest BCUT2D eigenvalue weighted by molar-refractivity contribution is 7.14. The van der Waals surface area contributed by atoms with Gasteiger partial charge < -0.3 is 4.90 Å². The second kappa shape index (κ2) is 8.74. The van der Waals surface area contributed by atoms with Crippen LogP contribution < -0.4 is 5.46 Å². The molecule has 0 aliphatic carbocycles. The van der Waals surface area contributed by atoms with Gasteiger partial charge in [0.25, 0.3) is 0 Å². The molecule has 0 spiro atoms. The Bertz CT molecular complexity index is 858. The van der Waals surface area contributed by atoms with Crippen molar-refractivity contribution in [3.05, 3.63) is 87.6 Å². The Morgan fingerprint density at radius 1 is 1.00 bits per heavy atom. The van der Waals surface area contributed by atoms with Gasteiger partial charge in [0, 0.05) is 27.4 Å². The van der Waals surface area contributed by atoms with E-state index in [1.807, 2.05) is 42.6 Å². The van der Waals surface area contributed by atoms with Crippen LogP contribution in [0.15, 0.2) is 76.9 Å². The highest BCUT2D eigenvalue weighted by Crippen LogP contribution is 2.14. The molecule has 3 nitrogen and oxygen atoms in total. The molecule has 0 radical (unpaired) electrons. The lowest BCUT2D eigenvalue weighted by atomic mass is 9.97. The Morgan fingerprint density at radius 3 is 2.12 bits per heavy atom. The van der Waals surface area contributed by atoms with Gasteiger partial charge in [-0.05, 0) is 14.1 Å². The molecule has 1 aromatic heterocycles. The number of hydrogen-bond donors (Lipinski definition) is 0. The lowest BCUT2D eigenvalue weighted by Crippen LogP contribution is -2.10. The number of benzene rings is 2. The van der Waals surface area contributed by atoms with Gasteiger partial charge in [0.15, 0.2) is 0 Å². The van der Waals surface area contributed by atoms with Gasteiger partial charge in [0.1, 0.15) is 13.6 Å². The lowest BCUT2D eigenvalue weighted by molar-refractivity contribution is 0.406. The zero-order chi connectivity index (χ0) is 18.4. The largest absolute Gasteiger partial charge is 0.304 e. The van der Waals surface area contributed by atoms with Crippen molar-refractivity contribution in [2.24, 2.45) is 10.2 Å². The first-order valence-corrected chi connectivity index (χ1v) is 9.41. The van der Waals surface area contributed by atoms with Crippen molar-refractivity contribution in [2.45, 2.75) is 6.54 Å². The van der Waals surface area contributed by atoms with Gasteiger partial charge in [-0.25, -0.2) is 0 Å². The monoisotopic (exact) mass is 359 g/mol. The van der Waals surface area contributed by atoms with E-state index in [-0.39, 0.29) is 0 Å². The van der Waals surface area contributed by atoms with Gasteiger partial charge in [-0.2, -0.15) is 5.10 Å². The van der Waals surface area contributed by atoms with Crippen LogP contribution in [0.25, 0.3) is 0 Å². The minimum absolute atomic E-state index is 0.880. The summed E-state index contributed by atoms with van der Waals surface area (Å²) in [6.45, 7) is 0.946. The van der Waals surface area contributed by atoms with Crippen LogP contribution in [0.3, 0.4) is 0 Å². The summed E-state index contributed by atoms with van der Waals surface area (Å²) < 4.78 is 0. The summed E-state index contributed by atoms with van der Waals surface area (Å²) in [5.74, 6) is 0. The molecule has 1 heterocycles. The van der Waals surface area contributed by atoms with E-state index in [0.717, 1.165) is 28.3 Å². The predicted octanol–water partition coefficient (Wildman–Crippen LogP) is 2.94. The van der Waals surface area contributed by atoms with Crippen molar-refractivity contribution < 1.29 is 0 Å². The normalized spacial score (nSPS) is 11.2. The molecule has 3 rings (SSSR count). The summed E-state index contributed by atoms with van der Waals surface area (Å²) in [7, 11) is 6.29. The molecule has 0 N–H and O–H groups in total. The van der Waals surface area contributed by atoms with E-state index >= 15 is 0 Å². The van der Waals surface area contributed by atoms with Crippen LogP contribution in [0.2, 0.25) is 0 Å². The SMILES string of the molecule is Bc1cc(CN(C)C)sc1/C=N/N=C(c1ccccc1)c1ccccc1. The minimum atomic E-state index is 0.880. The van der Waals surface area contributed by atoms with Gasteiger partial charge in [0.05, 0.1) is 6.21 Å². The van der Waals surface area contributed by atoms with Gasteiger partial charge >= 0.3 is 0 Å². The molecule has 0 unspecified atom stereocenters. The van der Waals surface area contributed by atoms with Crippen molar-refractivity contribution in [2.75, 3.05) is 14.1 Å². The number of rotatable bonds is 6. The number of thiophene rings is 1. The third kappa shape index (κ3) is 4.78. The second-order valence-corrected chi connectivity index (χ2v) is 7.59. The highest BCUT2D eigenvalue weighted by Gasteiger charge is 2.07. The van der Waals surface area contributed by atoms with E-state index in [9.17, 15) is 0 Å². The zero-order valence-electron chi connectivity index (χ0n) is 15.4. The van der Waals surface area contributed by atoms with Crippen molar-refractivity contribution in [1.82, 2.24) is 4.90 Å². The van der Waals surface area contributed by atoms with Crippen LogP contribution in [-0.2, 0) is 6.54 Å². The van der Waals surface area contributed by atoms with E-state index in [0.29, 0.717) is 0 Å². The Hall–Kier alpha value is -2.50. The maximum atomic E-state index is 4.55. The lowest BCUT2D eigenvalue weighted by Gasteiger charge is -2.05. The maximum Gasteiger partial charge on any atom is 0.141 e. The molecule has 0 amide bonds. The van der Waals surface area contributed by atoms with E-state index in [1.165, 1.54) is 10.3 Å². The van der Waals surface area contributed by atoms with Crippen molar-refractivity contribution in [3.63, 3.8) is 0 Å². The fourth-order valence-corrected chi connectivity index (χ4v) is 3.86. The third-order valence-corrected chi connectivity index (χ3v) is 5.06. The van der Waals surface area contributed by atoms with Crippen LogP contribution in [0.4, 0.5) is 0 Å². The summed E-state index contributed by atoms with van der Waals surface area (Å²) in [6, 6.07) is 22.6. The summed E-state index contributed by atoms with van der Waals surface area (Å²) >= 11 is 1.77. The van der Waals surface area contributed by atoms with E-state index in [4.69, 9.17) is 0 Å². The number of hydrogen-bond acceptors (Lipinski definition) is 4. The molecular weight excluding hydrogens is 337 g/mol. The molecule has 130 valence electrons. The molecule has 0 aliphatic rings.